The SMILES string of the molecule is C[Si](C)(C)CCS(=O)(=O)/N=C/C1CCCCC1. The fourth-order valence-corrected chi connectivity index (χ4v) is 5.89. The highest BCUT2D eigenvalue weighted by atomic mass is 32.2. The van der Waals surface area contributed by atoms with E-state index >= 15 is 0 Å². The van der Waals surface area contributed by atoms with Crippen LogP contribution in [0.3, 0.4) is 0 Å². The van der Waals surface area contributed by atoms with Gasteiger partial charge in [-0.3, -0.25) is 0 Å². The molecule has 1 saturated carbocycles. The summed E-state index contributed by atoms with van der Waals surface area (Å²) in [5, 5.41) is 0. The fourth-order valence-electron chi connectivity index (χ4n) is 1.95. The van der Waals surface area contributed by atoms with E-state index in [1.54, 1.807) is 6.21 Å². The summed E-state index contributed by atoms with van der Waals surface area (Å²) in [4.78, 5) is 0. The molecule has 1 rings (SSSR count). The van der Waals surface area contributed by atoms with Crippen molar-refractivity contribution in [2.24, 2.45) is 10.3 Å². The fraction of sp³-hybridized carbons (Fsp3) is 0.917. The quantitative estimate of drug-likeness (QED) is 0.571. The summed E-state index contributed by atoms with van der Waals surface area (Å²) in [5.74, 6) is 0.622. The van der Waals surface area contributed by atoms with Crippen LogP contribution in [0.5, 0.6) is 0 Å². The second-order valence-corrected chi connectivity index (χ2v) is 13.7. The van der Waals surface area contributed by atoms with E-state index in [9.17, 15) is 8.42 Å². The highest BCUT2D eigenvalue weighted by molar-refractivity contribution is 7.90. The Bertz CT molecular complexity index is 351. The third-order valence-corrected chi connectivity index (χ3v) is 6.47. The lowest BCUT2D eigenvalue weighted by Gasteiger charge is -2.17. The number of sulfonamides is 1. The molecule has 0 aromatic heterocycles. The monoisotopic (exact) mass is 275 g/mol. The van der Waals surface area contributed by atoms with E-state index in [2.05, 4.69) is 24.0 Å². The first-order valence-corrected chi connectivity index (χ1v) is 11.9. The molecule has 1 fully saturated rings. The minimum absolute atomic E-state index is 0.228. The Morgan fingerprint density at radius 2 is 1.76 bits per heavy atom. The van der Waals surface area contributed by atoms with Crippen LogP contribution in [0.1, 0.15) is 32.1 Å². The zero-order valence-electron chi connectivity index (χ0n) is 11.3. The number of hydrogen-bond acceptors (Lipinski definition) is 2. The van der Waals surface area contributed by atoms with Crippen molar-refractivity contribution in [3.8, 4) is 0 Å². The Hall–Kier alpha value is -0.163. The van der Waals surface area contributed by atoms with E-state index < -0.39 is 18.1 Å². The lowest BCUT2D eigenvalue weighted by Crippen LogP contribution is -2.23. The molecule has 0 unspecified atom stereocenters. The van der Waals surface area contributed by atoms with Gasteiger partial charge in [0.2, 0.25) is 0 Å². The van der Waals surface area contributed by atoms with Crippen molar-refractivity contribution in [3.63, 3.8) is 0 Å². The highest BCUT2D eigenvalue weighted by Crippen LogP contribution is 2.22. The first-order chi connectivity index (χ1) is 7.79. The minimum atomic E-state index is -3.21. The molecule has 0 bridgehead atoms. The zero-order chi connectivity index (χ0) is 12.9. The normalized spacial score (nSPS) is 19.9. The zero-order valence-corrected chi connectivity index (χ0v) is 13.1. The molecule has 1 aliphatic rings. The predicted molar refractivity (Wildman–Crippen MR) is 77.0 cm³/mol. The molecular weight excluding hydrogens is 250 g/mol. The molecule has 0 heterocycles. The van der Waals surface area contributed by atoms with Gasteiger partial charge >= 0.3 is 0 Å². The van der Waals surface area contributed by atoms with Crippen molar-refractivity contribution in [3.05, 3.63) is 0 Å². The first-order valence-electron chi connectivity index (χ1n) is 6.57. The molecule has 100 valence electrons. The van der Waals surface area contributed by atoms with Crippen LogP contribution in [0.2, 0.25) is 25.7 Å². The Kier molecular flexibility index (Phi) is 5.38. The molecule has 0 saturated heterocycles. The molecule has 0 amide bonds. The average molecular weight is 275 g/mol. The van der Waals surface area contributed by atoms with Crippen molar-refractivity contribution in [1.82, 2.24) is 0 Å². The predicted octanol–water partition coefficient (Wildman–Crippen LogP) is 3.31. The van der Waals surface area contributed by atoms with Crippen LogP contribution in [0.4, 0.5) is 0 Å². The van der Waals surface area contributed by atoms with Gasteiger partial charge in [0.1, 0.15) is 0 Å². The lowest BCUT2D eigenvalue weighted by molar-refractivity contribution is 0.445. The van der Waals surface area contributed by atoms with Crippen LogP contribution in [0, 0.1) is 5.92 Å². The van der Waals surface area contributed by atoms with E-state index in [0.29, 0.717) is 5.92 Å². The van der Waals surface area contributed by atoms with Gasteiger partial charge in [-0.15, -0.1) is 0 Å². The molecule has 0 spiro atoms. The van der Waals surface area contributed by atoms with Gasteiger partial charge in [0, 0.05) is 14.3 Å². The molecule has 3 nitrogen and oxygen atoms in total. The van der Waals surface area contributed by atoms with Crippen LogP contribution in [-0.2, 0) is 10.0 Å². The summed E-state index contributed by atoms with van der Waals surface area (Å²) in [6.45, 7) is 6.56. The van der Waals surface area contributed by atoms with Gasteiger partial charge in [-0.25, -0.2) is 8.42 Å². The molecule has 17 heavy (non-hydrogen) atoms. The molecular formula is C12H25NO2SSi. The molecule has 0 atom stereocenters. The second-order valence-electron chi connectivity index (χ2n) is 6.25. The molecule has 1 aliphatic carbocycles. The number of hydrogen-bond donors (Lipinski definition) is 0. The minimum Gasteiger partial charge on any atom is -0.205 e. The van der Waals surface area contributed by atoms with Crippen molar-refractivity contribution < 1.29 is 8.42 Å². The number of nitrogens with zero attached hydrogens (tertiary/aromatic N) is 1. The van der Waals surface area contributed by atoms with Crippen LogP contribution in [0.25, 0.3) is 0 Å². The van der Waals surface area contributed by atoms with Crippen LogP contribution in [0.15, 0.2) is 4.40 Å². The summed E-state index contributed by atoms with van der Waals surface area (Å²) in [7, 11) is -4.50. The van der Waals surface area contributed by atoms with Gasteiger partial charge in [-0.1, -0.05) is 38.9 Å². The highest BCUT2D eigenvalue weighted by Gasteiger charge is 2.18. The Morgan fingerprint density at radius 1 is 1.18 bits per heavy atom. The molecule has 0 radical (unpaired) electrons. The van der Waals surface area contributed by atoms with E-state index in [1.807, 2.05) is 0 Å². The molecule has 0 N–H and O–H groups in total. The van der Waals surface area contributed by atoms with Crippen molar-refractivity contribution in [1.29, 1.82) is 0 Å². The number of rotatable bonds is 5. The Labute approximate surface area is 107 Å². The maximum absolute atomic E-state index is 11.7. The summed E-state index contributed by atoms with van der Waals surface area (Å²) in [6.07, 6.45) is 7.61. The topological polar surface area (TPSA) is 46.5 Å². The summed E-state index contributed by atoms with van der Waals surface area (Å²) in [5.41, 5.74) is 0. The van der Waals surface area contributed by atoms with Gasteiger partial charge < -0.3 is 0 Å². The van der Waals surface area contributed by atoms with Gasteiger partial charge in [0.05, 0.1) is 5.75 Å². The van der Waals surface area contributed by atoms with E-state index in [4.69, 9.17) is 0 Å². The maximum atomic E-state index is 11.7. The summed E-state index contributed by atoms with van der Waals surface area (Å²) >= 11 is 0. The molecule has 0 aromatic rings. The van der Waals surface area contributed by atoms with Gasteiger partial charge in [-0.2, -0.15) is 4.40 Å². The standard InChI is InChI=1S/C12H25NO2SSi/c1-17(2,3)10-9-16(14,15)13-11-12-7-5-4-6-8-12/h11-12H,4-10H2,1-3H3/b13-11+. The summed E-state index contributed by atoms with van der Waals surface area (Å²) < 4.78 is 27.3. The van der Waals surface area contributed by atoms with Crippen molar-refractivity contribution in [2.45, 2.75) is 57.8 Å². The average Bonchev–Trinajstić information content (AvgIpc) is 2.25. The molecule has 5 heteroatoms. The smallest absolute Gasteiger partial charge is 0.205 e. The van der Waals surface area contributed by atoms with Crippen molar-refractivity contribution in [2.75, 3.05) is 5.75 Å². The van der Waals surface area contributed by atoms with Gasteiger partial charge in [-0.05, 0) is 24.8 Å². The van der Waals surface area contributed by atoms with Crippen LogP contribution < -0.4 is 0 Å². The van der Waals surface area contributed by atoms with E-state index in [-0.39, 0.29) is 5.75 Å². The van der Waals surface area contributed by atoms with E-state index in [0.717, 1.165) is 18.9 Å². The van der Waals surface area contributed by atoms with Crippen molar-refractivity contribution >= 4 is 24.3 Å². The third kappa shape index (κ3) is 6.98. The van der Waals surface area contributed by atoms with Gasteiger partial charge in [0.15, 0.2) is 0 Å². The maximum Gasteiger partial charge on any atom is 0.252 e. The summed E-state index contributed by atoms with van der Waals surface area (Å²) in [6, 6.07) is 0.803. The Morgan fingerprint density at radius 3 is 2.29 bits per heavy atom. The lowest BCUT2D eigenvalue weighted by atomic mass is 9.90. The molecule has 0 aromatic carbocycles. The Balaban J connectivity index is 2.45. The van der Waals surface area contributed by atoms with Crippen LogP contribution >= 0.6 is 0 Å². The third-order valence-electron chi connectivity index (χ3n) is 3.19. The first kappa shape index (κ1) is 14.9. The second kappa shape index (κ2) is 6.14. The van der Waals surface area contributed by atoms with E-state index in [1.165, 1.54) is 19.3 Å². The molecule has 0 aliphatic heterocycles. The van der Waals surface area contributed by atoms with Crippen LogP contribution in [-0.4, -0.2) is 28.5 Å². The van der Waals surface area contributed by atoms with Gasteiger partial charge in [0.25, 0.3) is 10.0 Å². The largest absolute Gasteiger partial charge is 0.252 e.